The van der Waals surface area contributed by atoms with Gasteiger partial charge in [-0.25, -0.2) is 0 Å². The summed E-state index contributed by atoms with van der Waals surface area (Å²) in [5.74, 6) is 2.96. The van der Waals surface area contributed by atoms with Crippen LogP contribution in [0.25, 0.3) is 11.3 Å². The van der Waals surface area contributed by atoms with Gasteiger partial charge in [-0.1, -0.05) is 43.3 Å². The number of furan rings is 1. The number of fused-ring (bicyclic) bond motifs is 3. The Kier molecular flexibility index (Phi) is 4.79. The minimum atomic E-state index is -0.476. The molecule has 0 saturated heterocycles. The highest BCUT2D eigenvalue weighted by Crippen LogP contribution is 2.39. The third kappa shape index (κ3) is 3.39. The lowest BCUT2D eigenvalue weighted by atomic mass is 10.1. The van der Waals surface area contributed by atoms with E-state index in [2.05, 4.69) is 27.4 Å². The molecule has 0 aliphatic carbocycles. The number of hydrogen-bond acceptors (Lipinski definition) is 7. The highest BCUT2D eigenvalue weighted by Gasteiger charge is 2.27. The minimum absolute atomic E-state index is 0.468. The molecule has 1 N–H and O–H groups in total. The van der Waals surface area contributed by atoms with Crippen LogP contribution in [0.15, 0.2) is 46.0 Å². The van der Waals surface area contributed by atoms with Gasteiger partial charge in [0.2, 0.25) is 17.3 Å². The van der Waals surface area contributed by atoms with Crippen LogP contribution in [0.2, 0.25) is 0 Å². The van der Waals surface area contributed by atoms with Crippen molar-refractivity contribution in [2.75, 3.05) is 11.1 Å². The molecule has 0 unspecified atom stereocenters. The average molecular weight is 368 g/mol. The van der Waals surface area contributed by atoms with E-state index in [-0.39, 0.29) is 0 Å². The molecule has 4 rings (SSSR count). The Bertz CT molecular complexity index is 912. The molecule has 3 aromatic rings. The molecule has 0 radical (unpaired) electrons. The fourth-order valence-corrected chi connectivity index (χ4v) is 3.60. The molecule has 1 aliphatic heterocycles. The molecule has 6 nitrogen and oxygen atoms in total. The second kappa shape index (κ2) is 7.37. The average Bonchev–Trinajstić information content (AvgIpc) is 3.01. The van der Waals surface area contributed by atoms with Gasteiger partial charge in [0.05, 0.1) is 0 Å². The van der Waals surface area contributed by atoms with E-state index in [0.29, 0.717) is 22.5 Å². The summed E-state index contributed by atoms with van der Waals surface area (Å²) in [7, 11) is 0. The van der Waals surface area contributed by atoms with Crippen molar-refractivity contribution in [2.45, 2.75) is 38.1 Å². The van der Waals surface area contributed by atoms with E-state index in [1.165, 1.54) is 0 Å². The summed E-state index contributed by atoms with van der Waals surface area (Å²) in [6.07, 6.45) is 1.78. The van der Waals surface area contributed by atoms with Crippen LogP contribution in [0.4, 0.5) is 5.69 Å². The third-order valence-electron chi connectivity index (χ3n) is 4.08. The van der Waals surface area contributed by atoms with E-state index >= 15 is 0 Å². The van der Waals surface area contributed by atoms with Crippen molar-refractivity contribution >= 4 is 17.4 Å². The number of unbranched alkanes of at least 4 members (excludes halogenated alkanes) is 1. The van der Waals surface area contributed by atoms with Crippen LogP contribution < -0.4 is 10.1 Å². The second-order valence-corrected chi connectivity index (χ2v) is 7.15. The lowest BCUT2D eigenvalue weighted by Crippen LogP contribution is -2.16. The molecular formula is C19H20N4O2S. The predicted molar refractivity (Wildman–Crippen MR) is 101 cm³/mol. The van der Waals surface area contributed by atoms with E-state index in [0.717, 1.165) is 35.6 Å². The number of ether oxygens (including phenoxy) is 1. The van der Waals surface area contributed by atoms with Gasteiger partial charge in [0.1, 0.15) is 5.76 Å². The van der Waals surface area contributed by atoms with Gasteiger partial charge in [-0.2, -0.15) is 4.98 Å². The van der Waals surface area contributed by atoms with Crippen molar-refractivity contribution in [3.63, 3.8) is 0 Å². The zero-order chi connectivity index (χ0) is 17.9. The van der Waals surface area contributed by atoms with Gasteiger partial charge in [0.15, 0.2) is 11.5 Å². The number of nitrogens with zero attached hydrogens (tertiary/aromatic N) is 3. The highest BCUT2D eigenvalue weighted by molar-refractivity contribution is 7.99. The van der Waals surface area contributed by atoms with Crippen molar-refractivity contribution < 1.29 is 9.15 Å². The zero-order valence-electron chi connectivity index (χ0n) is 14.7. The van der Waals surface area contributed by atoms with E-state index in [1.807, 2.05) is 43.3 Å². The zero-order valence-corrected chi connectivity index (χ0v) is 15.5. The summed E-state index contributed by atoms with van der Waals surface area (Å²) in [5, 5.41) is 12.7. The lowest BCUT2D eigenvalue weighted by Gasteiger charge is -2.16. The molecule has 2 aromatic heterocycles. The first-order chi connectivity index (χ1) is 12.7. The first-order valence-electron chi connectivity index (χ1n) is 8.71. The van der Waals surface area contributed by atoms with Crippen molar-refractivity contribution in [1.29, 1.82) is 0 Å². The molecule has 7 heteroatoms. The Hall–Kier alpha value is -2.54. The Morgan fingerprint density at radius 1 is 1.15 bits per heavy atom. The first kappa shape index (κ1) is 16.9. The summed E-state index contributed by atoms with van der Waals surface area (Å²) in [6, 6.07) is 11.7. The number of aromatic nitrogens is 3. The van der Waals surface area contributed by atoms with Gasteiger partial charge < -0.3 is 14.5 Å². The lowest BCUT2D eigenvalue weighted by molar-refractivity contribution is 0.194. The molecule has 1 aromatic carbocycles. The smallest absolute Gasteiger partial charge is 0.247 e. The monoisotopic (exact) mass is 368 g/mol. The largest absolute Gasteiger partial charge is 0.460 e. The fraction of sp³-hybridized carbons (Fsp3) is 0.316. The molecule has 0 bridgehead atoms. The van der Waals surface area contributed by atoms with Gasteiger partial charge in [-0.3, -0.25) is 0 Å². The summed E-state index contributed by atoms with van der Waals surface area (Å²) in [4.78, 5) is 4.61. The molecule has 3 heterocycles. The predicted octanol–water partition coefficient (Wildman–Crippen LogP) is 4.84. The van der Waals surface area contributed by atoms with E-state index in [9.17, 15) is 0 Å². The number of thioether (sulfide) groups is 1. The Balaban J connectivity index is 1.73. The number of aryl methyl sites for hydroxylation is 1. The normalized spacial score (nSPS) is 15.4. The van der Waals surface area contributed by atoms with E-state index in [4.69, 9.17) is 9.15 Å². The third-order valence-corrected chi connectivity index (χ3v) is 5.01. The molecule has 134 valence electrons. The Morgan fingerprint density at radius 2 is 2.04 bits per heavy atom. The van der Waals surface area contributed by atoms with Crippen molar-refractivity contribution in [3.8, 4) is 17.1 Å². The first-order valence-corrected chi connectivity index (χ1v) is 9.69. The van der Waals surface area contributed by atoms with Gasteiger partial charge in [0.25, 0.3) is 0 Å². The molecular weight excluding hydrogens is 348 g/mol. The van der Waals surface area contributed by atoms with Crippen molar-refractivity contribution in [3.05, 3.63) is 47.9 Å². The van der Waals surface area contributed by atoms with Crippen LogP contribution in [0.3, 0.4) is 0 Å². The number of anilines is 1. The highest BCUT2D eigenvalue weighted by atomic mass is 32.2. The Labute approximate surface area is 156 Å². The second-order valence-electron chi connectivity index (χ2n) is 6.09. The van der Waals surface area contributed by atoms with Gasteiger partial charge in [-0.15, -0.1) is 10.2 Å². The summed E-state index contributed by atoms with van der Waals surface area (Å²) >= 11 is 1.60. The molecule has 1 atom stereocenters. The number of hydrogen-bond donors (Lipinski definition) is 1. The summed E-state index contributed by atoms with van der Waals surface area (Å²) in [5.41, 5.74) is 2.46. The maximum absolute atomic E-state index is 6.15. The standard InChI is InChI=1S/C19H20N4O2S/c1-3-4-11-26-19-21-18-16(22-23-19)13-7-5-6-8-14(13)20-17(25-18)15-10-9-12(2)24-15/h5-10,17,20H,3-4,11H2,1-2H3/t17-/m0/s1. The summed E-state index contributed by atoms with van der Waals surface area (Å²) in [6.45, 7) is 4.08. The molecule has 0 amide bonds. The molecule has 0 fully saturated rings. The van der Waals surface area contributed by atoms with Crippen LogP contribution in [0, 0.1) is 6.92 Å². The fourth-order valence-electron chi connectivity index (χ4n) is 2.74. The van der Waals surface area contributed by atoms with Crippen molar-refractivity contribution in [2.24, 2.45) is 0 Å². The SMILES string of the molecule is CCCCSc1nnc2c(n1)O[C@@H](c1ccc(C)o1)Nc1ccccc1-2. The van der Waals surface area contributed by atoms with Crippen LogP contribution in [0.5, 0.6) is 5.88 Å². The van der Waals surface area contributed by atoms with Crippen LogP contribution in [-0.2, 0) is 0 Å². The molecule has 0 saturated carbocycles. The number of rotatable bonds is 5. The summed E-state index contributed by atoms with van der Waals surface area (Å²) < 4.78 is 11.9. The molecule has 1 aliphatic rings. The number of para-hydroxylation sites is 1. The number of nitrogens with one attached hydrogen (secondary N) is 1. The van der Waals surface area contributed by atoms with Gasteiger partial charge in [0, 0.05) is 17.0 Å². The maximum Gasteiger partial charge on any atom is 0.247 e. The Morgan fingerprint density at radius 3 is 2.85 bits per heavy atom. The van der Waals surface area contributed by atoms with Crippen LogP contribution >= 0.6 is 11.8 Å². The van der Waals surface area contributed by atoms with E-state index < -0.39 is 6.23 Å². The number of benzene rings is 1. The van der Waals surface area contributed by atoms with Crippen LogP contribution in [0.1, 0.15) is 37.5 Å². The van der Waals surface area contributed by atoms with E-state index in [1.54, 1.807) is 11.8 Å². The van der Waals surface area contributed by atoms with Crippen LogP contribution in [-0.4, -0.2) is 20.9 Å². The maximum atomic E-state index is 6.15. The van der Waals surface area contributed by atoms with Crippen molar-refractivity contribution in [1.82, 2.24) is 15.2 Å². The minimum Gasteiger partial charge on any atom is -0.460 e. The molecule has 26 heavy (non-hydrogen) atoms. The quantitative estimate of drug-likeness (QED) is 0.510. The van der Waals surface area contributed by atoms with Gasteiger partial charge >= 0.3 is 0 Å². The topological polar surface area (TPSA) is 73.1 Å². The molecule has 0 spiro atoms. The van der Waals surface area contributed by atoms with Gasteiger partial charge in [-0.05, 0) is 31.5 Å².